The molecule has 0 atom stereocenters. The van der Waals surface area contributed by atoms with Crippen LogP contribution in [-0.2, 0) is 16.0 Å². The molecule has 0 N–H and O–H groups in total. The molecule has 2 saturated heterocycles. The third kappa shape index (κ3) is 6.16. The molecule has 220 valence electrons. The van der Waals surface area contributed by atoms with E-state index in [1.54, 1.807) is 25.1 Å². The van der Waals surface area contributed by atoms with Gasteiger partial charge < -0.3 is 24.0 Å². The first-order valence-electron chi connectivity index (χ1n) is 14.7. The van der Waals surface area contributed by atoms with Crippen LogP contribution in [0.25, 0.3) is 16.6 Å². The van der Waals surface area contributed by atoms with Crippen molar-refractivity contribution in [3.05, 3.63) is 59.3 Å². The zero-order valence-electron chi connectivity index (χ0n) is 24.9. The van der Waals surface area contributed by atoms with Gasteiger partial charge in [0.05, 0.1) is 23.0 Å². The van der Waals surface area contributed by atoms with Gasteiger partial charge in [0.15, 0.2) is 0 Å². The number of amides is 2. The van der Waals surface area contributed by atoms with Crippen molar-refractivity contribution in [1.29, 1.82) is 0 Å². The number of carbonyl (C=O) groups excluding carboxylic acids is 2. The number of aryl methyl sites for hydroxylation is 1. The number of hydrogen-bond donors (Lipinski definition) is 0. The number of halogens is 1. The highest BCUT2D eigenvalue weighted by Gasteiger charge is 2.33. The van der Waals surface area contributed by atoms with E-state index in [9.17, 15) is 14.0 Å². The molecular weight excluding hydrogens is 521 g/mol. The molecule has 0 spiro atoms. The molecule has 2 aliphatic heterocycles. The second-order valence-electron chi connectivity index (χ2n) is 12.1. The van der Waals surface area contributed by atoms with Gasteiger partial charge in [-0.1, -0.05) is 0 Å². The van der Waals surface area contributed by atoms with Crippen LogP contribution < -0.4 is 0 Å². The normalized spacial score (nSPS) is 16.9. The minimum atomic E-state index is -0.428. The number of piperidine rings is 1. The first kappa shape index (κ1) is 29.2. The van der Waals surface area contributed by atoms with Crippen molar-refractivity contribution in [2.75, 3.05) is 53.5 Å². The second kappa shape index (κ2) is 12.3. The molecule has 2 aliphatic rings. The molecular formula is C32H42FN5O3. The number of pyridine rings is 1. The van der Waals surface area contributed by atoms with Crippen molar-refractivity contribution < 1.29 is 18.7 Å². The molecule has 2 amide bonds. The monoisotopic (exact) mass is 563 g/mol. The van der Waals surface area contributed by atoms with Gasteiger partial charge in [0.1, 0.15) is 12.4 Å². The number of fused-ring (bicyclic) bond motifs is 1. The van der Waals surface area contributed by atoms with Gasteiger partial charge in [-0.3, -0.25) is 14.6 Å². The van der Waals surface area contributed by atoms with Crippen molar-refractivity contribution >= 4 is 22.7 Å². The summed E-state index contributed by atoms with van der Waals surface area (Å²) in [5.74, 6) is 0.547. The summed E-state index contributed by atoms with van der Waals surface area (Å²) in [6.07, 6.45) is 9.05. The summed E-state index contributed by atoms with van der Waals surface area (Å²) in [6.45, 7) is 11.0. The molecule has 0 aliphatic carbocycles. The van der Waals surface area contributed by atoms with E-state index in [4.69, 9.17) is 4.74 Å². The number of benzene rings is 1. The fraction of sp³-hybridized carbons (Fsp3) is 0.531. The first-order chi connectivity index (χ1) is 19.7. The Bertz CT molecular complexity index is 1410. The SMILES string of the molecule is COCC(=O)N1CC(CN2CCC(Cc3cn(-c4ccc(F)cc4C(=O)N(C)C(C)C)c4cncc(C)c34)CC2)C1. The largest absolute Gasteiger partial charge is 0.375 e. The molecule has 2 fully saturated rings. The lowest BCUT2D eigenvalue weighted by atomic mass is 9.88. The minimum absolute atomic E-state index is 0.00765. The number of aromatic nitrogens is 2. The van der Waals surface area contributed by atoms with Crippen LogP contribution in [0.1, 0.15) is 48.2 Å². The number of nitrogens with zero attached hydrogens (tertiary/aromatic N) is 5. The second-order valence-corrected chi connectivity index (χ2v) is 12.1. The molecule has 0 saturated carbocycles. The van der Waals surface area contributed by atoms with Gasteiger partial charge in [0.2, 0.25) is 5.91 Å². The Morgan fingerprint density at radius 2 is 1.88 bits per heavy atom. The molecule has 3 aromatic rings. The topological polar surface area (TPSA) is 70.9 Å². The van der Waals surface area contributed by atoms with Crippen molar-refractivity contribution in [3.63, 3.8) is 0 Å². The zero-order valence-corrected chi connectivity index (χ0v) is 24.9. The van der Waals surface area contributed by atoms with Crippen LogP contribution in [-0.4, -0.2) is 95.6 Å². The van der Waals surface area contributed by atoms with Crippen LogP contribution >= 0.6 is 0 Å². The average molecular weight is 564 g/mol. The Kier molecular flexibility index (Phi) is 8.75. The smallest absolute Gasteiger partial charge is 0.256 e. The molecule has 0 bridgehead atoms. The van der Waals surface area contributed by atoms with Crippen molar-refractivity contribution in [2.45, 2.75) is 46.1 Å². The maximum absolute atomic E-state index is 14.4. The maximum Gasteiger partial charge on any atom is 0.256 e. The van der Waals surface area contributed by atoms with Gasteiger partial charge in [0.25, 0.3) is 5.91 Å². The molecule has 0 radical (unpaired) electrons. The number of ether oxygens (including phenoxy) is 1. The van der Waals surface area contributed by atoms with E-state index in [1.165, 1.54) is 17.7 Å². The number of rotatable bonds is 9. The van der Waals surface area contributed by atoms with E-state index in [1.807, 2.05) is 35.7 Å². The lowest BCUT2D eigenvalue weighted by molar-refractivity contribution is -0.142. The number of hydrogen-bond acceptors (Lipinski definition) is 5. The van der Waals surface area contributed by atoms with Gasteiger partial charge in [-0.15, -0.1) is 0 Å². The Hall–Kier alpha value is -3.30. The van der Waals surface area contributed by atoms with E-state index >= 15 is 0 Å². The van der Waals surface area contributed by atoms with Crippen molar-refractivity contribution in [3.8, 4) is 5.69 Å². The Balaban J connectivity index is 1.31. The summed E-state index contributed by atoms with van der Waals surface area (Å²) in [4.78, 5) is 35.9. The molecule has 2 aromatic heterocycles. The number of carbonyl (C=O) groups is 2. The van der Waals surface area contributed by atoms with Gasteiger partial charge in [-0.05, 0) is 88.4 Å². The molecule has 0 unspecified atom stereocenters. The molecule has 1 aromatic carbocycles. The van der Waals surface area contributed by atoms with E-state index in [0.29, 0.717) is 23.1 Å². The third-order valence-corrected chi connectivity index (χ3v) is 8.83. The Labute approximate surface area is 242 Å². The number of methoxy groups -OCH3 is 1. The van der Waals surface area contributed by atoms with E-state index in [0.717, 1.165) is 68.5 Å². The van der Waals surface area contributed by atoms with Crippen LogP contribution in [0.2, 0.25) is 0 Å². The fourth-order valence-electron chi connectivity index (χ4n) is 6.26. The predicted octanol–water partition coefficient (Wildman–Crippen LogP) is 4.31. The van der Waals surface area contributed by atoms with Gasteiger partial charge in [-0.2, -0.15) is 0 Å². The molecule has 41 heavy (non-hydrogen) atoms. The van der Waals surface area contributed by atoms with E-state index in [2.05, 4.69) is 23.0 Å². The highest BCUT2D eigenvalue weighted by Crippen LogP contribution is 2.33. The minimum Gasteiger partial charge on any atom is -0.375 e. The fourth-order valence-corrected chi connectivity index (χ4v) is 6.26. The first-order valence-corrected chi connectivity index (χ1v) is 14.7. The van der Waals surface area contributed by atoms with Crippen LogP contribution in [0.3, 0.4) is 0 Å². The third-order valence-electron chi connectivity index (χ3n) is 8.83. The lowest BCUT2D eigenvalue weighted by Crippen LogP contribution is -2.55. The van der Waals surface area contributed by atoms with Gasteiger partial charge in [-0.25, -0.2) is 4.39 Å². The predicted molar refractivity (Wildman–Crippen MR) is 158 cm³/mol. The quantitative estimate of drug-likeness (QED) is 0.388. The van der Waals surface area contributed by atoms with Crippen LogP contribution in [0, 0.1) is 24.6 Å². The Morgan fingerprint density at radius 3 is 2.56 bits per heavy atom. The summed E-state index contributed by atoms with van der Waals surface area (Å²) in [7, 11) is 3.31. The van der Waals surface area contributed by atoms with Gasteiger partial charge >= 0.3 is 0 Å². The molecule has 8 nitrogen and oxygen atoms in total. The van der Waals surface area contributed by atoms with E-state index < -0.39 is 5.82 Å². The average Bonchev–Trinajstić information content (AvgIpc) is 3.29. The van der Waals surface area contributed by atoms with Crippen molar-refractivity contribution in [1.82, 2.24) is 24.3 Å². The summed E-state index contributed by atoms with van der Waals surface area (Å²) in [5, 5.41) is 1.16. The zero-order chi connectivity index (χ0) is 29.3. The Morgan fingerprint density at radius 1 is 1.15 bits per heavy atom. The number of likely N-dealkylation sites (tertiary alicyclic amines) is 2. The van der Waals surface area contributed by atoms with Crippen LogP contribution in [0.4, 0.5) is 4.39 Å². The molecule has 4 heterocycles. The lowest BCUT2D eigenvalue weighted by Gasteiger charge is -2.43. The summed E-state index contributed by atoms with van der Waals surface area (Å²) < 4.78 is 21.4. The van der Waals surface area contributed by atoms with E-state index in [-0.39, 0.29) is 24.5 Å². The molecule has 5 rings (SSSR count). The summed E-state index contributed by atoms with van der Waals surface area (Å²) in [5.41, 5.74) is 4.28. The van der Waals surface area contributed by atoms with Crippen LogP contribution in [0.15, 0.2) is 36.8 Å². The van der Waals surface area contributed by atoms with Gasteiger partial charge in [0, 0.05) is 63.5 Å². The summed E-state index contributed by atoms with van der Waals surface area (Å²) in [6, 6.07) is 4.45. The maximum atomic E-state index is 14.4. The standard InChI is InChI=1S/C32H42FN5O3/c1-21(2)35(4)32(40)27-13-26(33)6-7-28(27)38-19-25(31-22(3)14-34-15-29(31)38)12-23-8-10-36(11-9-23)16-24-17-37(18-24)30(39)20-41-5/h6-7,13-15,19,21,23-24H,8-12,16-18,20H2,1-5H3. The highest BCUT2D eigenvalue weighted by molar-refractivity contribution is 5.99. The van der Waals surface area contributed by atoms with Crippen molar-refractivity contribution in [2.24, 2.45) is 11.8 Å². The van der Waals surface area contributed by atoms with Crippen LogP contribution in [0.5, 0.6) is 0 Å². The molecule has 9 heteroatoms. The highest BCUT2D eigenvalue weighted by atomic mass is 19.1. The summed E-state index contributed by atoms with van der Waals surface area (Å²) >= 11 is 0.